The number of phenolic OH excluding ortho intramolecular Hbond substituents is 1. The van der Waals surface area contributed by atoms with E-state index in [1.54, 1.807) is 6.07 Å². The Labute approximate surface area is 161 Å². The van der Waals surface area contributed by atoms with Crippen LogP contribution in [0.2, 0.25) is 0 Å². The Morgan fingerprint density at radius 1 is 0.885 bits per heavy atom. The average Bonchev–Trinajstić information content (AvgIpc) is 2.63. The highest BCUT2D eigenvalue weighted by Gasteiger charge is 2.09. The van der Waals surface area contributed by atoms with Crippen LogP contribution >= 0.6 is 0 Å². The van der Waals surface area contributed by atoms with Crippen molar-refractivity contribution in [3.05, 3.63) is 23.8 Å². The predicted molar refractivity (Wildman–Crippen MR) is 113 cm³/mol. The number of aromatic hydroxyl groups is 1. The van der Waals surface area contributed by atoms with Gasteiger partial charge in [-0.15, -0.1) is 0 Å². The molecule has 1 unspecified atom stereocenters. The zero-order valence-corrected chi connectivity index (χ0v) is 17.4. The molecule has 0 aliphatic carbocycles. The summed E-state index contributed by atoms with van der Waals surface area (Å²) in [4.78, 5) is 0. The molecule has 3 nitrogen and oxygen atoms in total. The van der Waals surface area contributed by atoms with Crippen LogP contribution in [0.15, 0.2) is 18.2 Å². The van der Waals surface area contributed by atoms with Crippen molar-refractivity contribution >= 4 is 5.69 Å². The molecule has 2 N–H and O–H groups in total. The molecule has 1 atom stereocenters. The molecule has 26 heavy (non-hydrogen) atoms. The van der Waals surface area contributed by atoms with Gasteiger partial charge in [-0.25, -0.2) is 0 Å². The van der Waals surface area contributed by atoms with Gasteiger partial charge in [0.25, 0.3) is 0 Å². The quantitative estimate of drug-likeness (QED) is 0.186. The van der Waals surface area contributed by atoms with Crippen LogP contribution in [0.3, 0.4) is 0 Å². The number of nitrogens with one attached hydrogen (secondary N) is 1. The maximum absolute atomic E-state index is 9.93. The molecule has 150 valence electrons. The van der Waals surface area contributed by atoms with Gasteiger partial charge in [0.1, 0.15) is 12.5 Å². The van der Waals surface area contributed by atoms with Crippen LogP contribution in [0.1, 0.15) is 96.5 Å². The maximum Gasteiger partial charge on any atom is 0.138 e. The number of ether oxygens (including phenoxy) is 1. The van der Waals surface area contributed by atoms with E-state index in [2.05, 4.69) is 19.2 Å². The van der Waals surface area contributed by atoms with Gasteiger partial charge in [0.15, 0.2) is 0 Å². The molecule has 0 saturated carbocycles. The molecule has 0 aliphatic rings. The Balaban J connectivity index is 2.33. The number of benzene rings is 1. The summed E-state index contributed by atoms with van der Waals surface area (Å²) >= 11 is 0. The lowest BCUT2D eigenvalue weighted by Gasteiger charge is -2.19. The van der Waals surface area contributed by atoms with Crippen molar-refractivity contribution in [1.82, 2.24) is 0 Å². The molecular formula is C23H41NO2. The van der Waals surface area contributed by atoms with Gasteiger partial charge in [-0.05, 0) is 37.5 Å². The second-order valence-corrected chi connectivity index (χ2v) is 7.54. The molecule has 1 aromatic rings. The van der Waals surface area contributed by atoms with E-state index in [4.69, 9.17) is 4.74 Å². The lowest BCUT2D eigenvalue weighted by atomic mass is 10.0. The fourth-order valence-corrected chi connectivity index (χ4v) is 3.29. The first-order valence-electron chi connectivity index (χ1n) is 10.8. The molecule has 0 bridgehead atoms. The topological polar surface area (TPSA) is 41.5 Å². The molecule has 1 rings (SSSR count). The average molecular weight is 364 g/mol. The number of hydrogen-bond acceptors (Lipinski definition) is 3. The minimum absolute atomic E-state index is 0.287. The number of phenols is 1. The third-order valence-corrected chi connectivity index (χ3v) is 4.99. The minimum atomic E-state index is 0.287. The Bertz CT molecular complexity index is 462. The molecule has 0 heterocycles. The van der Waals surface area contributed by atoms with E-state index in [1.165, 1.54) is 64.2 Å². The third-order valence-electron chi connectivity index (χ3n) is 4.99. The van der Waals surface area contributed by atoms with Crippen molar-refractivity contribution in [2.75, 3.05) is 12.0 Å². The van der Waals surface area contributed by atoms with E-state index >= 15 is 0 Å². The maximum atomic E-state index is 9.93. The summed E-state index contributed by atoms with van der Waals surface area (Å²) in [5.74, 6) is 0.287. The highest BCUT2D eigenvalue weighted by molar-refractivity contribution is 5.56. The van der Waals surface area contributed by atoms with E-state index in [9.17, 15) is 5.11 Å². The number of anilines is 1. The van der Waals surface area contributed by atoms with Crippen molar-refractivity contribution in [3.8, 4) is 5.75 Å². The summed E-state index contributed by atoms with van der Waals surface area (Å²) in [5.41, 5.74) is 1.89. The summed E-state index contributed by atoms with van der Waals surface area (Å²) in [7, 11) is 0. The first-order chi connectivity index (χ1) is 12.7. The second-order valence-electron chi connectivity index (χ2n) is 7.54. The van der Waals surface area contributed by atoms with Gasteiger partial charge < -0.3 is 15.2 Å². The Kier molecular flexibility index (Phi) is 13.1. The molecular weight excluding hydrogens is 322 g/mol. The fraction of sp³-hybridized carbons (Fsp3) is 0.739. The molecule has 0 aliphatic heterocycles. The van der Waals surface area contributed by atoms with Crippen molar-refractivity contribution in [2.24, 2.45) is 0 Å². The minimum Gasteiger partial charge on any atom is -0.506 e. The van der Waals surface area contributed by atoms with E-state index in [0.29, 0.717) is 12.8 Å². The van der Waals surface area contributed by atoms with E-state index in [1.807, 2.05) is 19.1 Å². The summed E-state index contributed by atoms with van der Waals surface area (Å²) in [6.45, 7) is 7.01. The Morgan fingerprint density at radius 2 is 1.46 bits per heavy atom. The SMILES string of the molecule is CCCCCCCCC(CCCCCC)OCNc1cc(C)ccc1O. The van der Waals surface area contributed by atoms with Crippen LogP contribution in [0.25, 0.3) is 0 Å². The number of aryl methyl sites for hydroxylation is 1. The normalized spacial score (nSPS) is 12.3. The zero-order chi connectivity index (χ0) is 19.0. The van der Waals surface area contributed by atoms with Gasteiger partial charge in [-0.1, -0.05) is 84.1 Å². The van der Waals surface area contributed by atoms with Crippen LogP contribution in [0.4, 0.5) is 5.69 Å². The number of hydrogen-bond donors (Lipinski definition) is 2. The highest BCUT2D eigenvalue weighted by atomic mass is 16.5. The fourth-order valence-electron chi connectivity index (χ4n) is 3.29. The molecule has 1 aromatic carbocycles. The smallest absolute Gasteiger partial charge is 0.138 e. The zero-order valence-electron chi connectivity index (χ0n) is 17.4. The first kappa shape index (κ1) is 22.8. The lowest BCUT2D eigenvalue weighted by molar-refractivity contribution is 0.0502. The largest absolute Gasteiger partial charge is 0.506 e. The standard InChI is InChI=1S/C23H41NO2/c1-4-6-8-10-11-13-15-21(14-12-9-7-5-2)26-19-24-22-18-20(3)16-17-23(22)25/h16-18,21,24-25H,4-15,19H2,1-3H3. The summed E-state index contributed by atoms with van der Waals surface area (Å²) in [6, 6.07) is 5.61. The van der Waals surface area contributed by atoms with Crippen LogP contribution < -0.4 is 5.32 Å². The predicted octanol–water partition coefficient (Wildman–Crippen LogP) is 7.18. The number of unbranched alkanes of at least 4 members (excludes halogenated alkanes) is 8. The van der Waals surface area contributed by atoms with E-state index in [-0.39, 0.29) is 5.75 Å². The van der Waals surface area contributed by atoms with Crippen LogP contribution in [-0.4, -0.2) is 17.9 Å². The van der Waals surface area contributed by atoms with Crippen molar-refractivity contribution in [1.29, 1.82) is 0 Å². The van der Waals surface area contributed by atoms with Crippen molar-refractivity contribution < 1.29 is 9.84 Å². The van der Waals surface area contributed by atoms with Crippen LogP contribution in [-0.2, 0) is 4.74 Å². The Hall–Kier alpha value is -1.22. The molecule has 0 spiro atoms. The highest BCUT2D eigenvalue weighted by Crippen LogP contribution is 2.24. The summed E-state index contributed by atoms with van der Waals surface area (Å²) in [5, 5.41) is 13.2. The number of rotatable bonds is 16. The van der Waals surface area contributed by atoms with Gasteiger partial charge in [0, 0.05) is 0 Å². The lowest BCUT2D eigenvalue weighted by Crippen LogP contribution is -2.18. The molecule has 0 amide bonds. The molecule has 3 heteroatoms. The summed E-state index contributed by atoms with van der Waals surface area (Å²) in [6.07, 6.45) is 15.8. The summed E-state index contributed by atoms with van der Waals surface area (Å²) < 4.78 is 6.13. The van der Waals surface area contributed by atoms with E-state index < -0.39 is 0 Å². The van der Waals surface area contributed by atoms with Gasteiger partial charge in [0.2, 0.25) is 0 Å². The molecule has 0 saturated heterocycles. The van der Waals surface area contributed by atoms with Gasteiger partial charge in [-0.2, -0.15) is 0 Å². The first-order valence-corrected chi connectivity index (χ1v) is 10.8. The van der Waals surface area contributed by atoms with Gasteiger partial charge in [0.05, 0.1) is 11.8 Å². The van der Waals surface area contributed by atoms with Crippen LogP contribution in [0.5, 0.6) is 5.75 Å². The van der Waals surface area contributed by atoms with Gasteiger partial charge >= 0.3 is 0 Å². The molecule has 0 aromatic heterocycles. The second kappa shape index (κ2) is 14.9. The van der Waals surface area contributed by atoms with Crippen molar-refractivity contribution in [3.63, 3.8) is 0 Å². The monoisotopic (exact) mass is 363 g/mol. The van der Waals surface area contributed by atoms with Crippen molar-refractivity contribution in [2.45, 2.75) is 104 Å². The van der Waals surface area contributed by atoms with Crippen LogP contribution in [0, 0.1) is 6.92 Å². The molecule has 0 fully saturated rings. The Morgan fingerprint density at radius 3 is 2.12 bits per heavy atom. The van der Waals surface area contributed by atoms with E-state index in [0.717, 1.165) is 24.1 Å². The third kappa shape index (κ3) is 10.7. The molecule has 0 radical (unpaired) electrons. The van der Waals surface area contributed by atoms with Gasteiger partial charge in [-0.3, -0.25) is 0 Å².